The van der Waals surface area contributed by atoms with Crippen molar-refractivity contribution >= 4 is 5.97 Å². The third-order valence-electron chi connectivity index (χ3n) is 1.77. The Morgan fingerprint density at radius 1 is 1.64 bits per heavy atom. The largest absolute Gasteiger partial charge is 0.459 e. The zero-order chi connectivity index (χ0) is 8.48. The Balaban J connectivity index is 2.66. The number of ether oxygens (including phenoxy) is 1. The summed E-state index contributed by atoms with van der Waals surface area (Å²) >= 11 is 0. The van der Waals surface area contributed by atoms with Crippen LogP contribution in [0.15, 0.2) is 0 Å². The molecule has 4 heteroatoms. The van der Waals surface area contributed by atoms with Crippen molar-refractivity contribution in [1.82, 2.24) is 0 Å². The zero-order valence-electron chi connectivity index (χ0n) is 6.41. The van der Waals surface area contributed by atoms with Gasteiger partial charge in [0.05, 0.1) is 6.10 Å². The van der Waals surface area contributed by atoms with Gasteiger partial charge in [-0.15, -0.1) is 0 Å². The van der Waals surface area contributed by atoms with E-state index < -0.39 is 11.8 Å². The van der Waals surface area contributed by atoms with Crippen LogP contribution in [0.5, 0.6) is 0 Å². The summed E-state index contributed by atoms with van der Waals surface area (Å²) in [4.78, 5) is 10.8. The Morgan fingerprint density at radius 3 is 2.91 bits per heavy atom. The maximum Gasteiger partial charge on any atom is 0.366 e. The predicted octanol–water partition coefficient (Wildman–Crippen LogP) is -0.217. The number of aliphatic hydroxyl groups is 2. The van der Waals surface area contributed by atoms with Crippen LogP contribution in [0.1, 0.15) is 26.2 Å². The molecule has 0 saturated carbocycles. The van der Waals surface area contributed by atoms with Crippen molar-refractivity contribution in [3.63, 3.8) is 0 Å². The standard InChI is InChI=1S/C7H12O4/c1-5-3-2-4-7(9,10)6(8)11-5/h5,9-10H,2-4H2,1H3. The summed E-state index contributed by atoms with van der Waals surface area (Å²) in [5, 5.41) is 18.0. The summed E-state index contributed by atoms with van der Waals surface area (Å²) in [6.45, 7) is 1.74. The van der Waals surface area contributed by atoms with Crippen LogP contribution in [-0.4, -0.2) is 28.1 Å². The second-order valence-corrected chi connectivity index (χ2v) is 2.92. The van der Waals surface area contributed by atoms with Crippen LogP contribution < -0.4 is 0 Å². The van der Waals surface area contributed by atoms with Gasteiger partial charge in [-0.1, -0.05) is 0 Å². The summed E-state index contributed by atoms with van der Waals surface area (Å²) in [5.74, 6) is -3.19. The Hall–Kier alpha value is -0.610. The second kappa shape index (κ2) is 2.79. The quantitative estimate of drug-likeness (QED) is 0.380. The van der Waals surface area contributed by atoms with Gasteiger partial charge in [0.2, 0.25) is 0 Å². The first-order valence-corrected chi connectivity index (χ1v) is 3.68. The smallest absolute Gasteiger partial charge is 0.366 e. The van der Waals surface area contributed by atoms with Crippen molar-refractivity contribution in [2.24, 2.45) is 0 Å². The Labute approximate surface area is 64.8 Å². The molecule has 1 rings (SSSR count). The lowest BCUT2D eigenvalue weighted by atomic mass is 10.1. The average Bonchev–Trinajstić information content (AvgIpc) is 1.94. The zero-order valence-corrected chi connectivity index (χ0v) is 6.41. The molecule has 0 aromatic carbocycles. The van der Waals surface area contributed by atoms with Gasteiger partial charge < -0.3 is 14.9 Å². The van der Waals surface area contributed by atoms with E-state index in [0.717, 1.165) is 0 Å². The Bertz CT molecular complexity index is 164. The molecule has 0 amide bonds. The average molecular weight is 160 g/mol. The molecule has 1 atom stereocenters. The van der Waals surface area contributed by atoms with Crippen molar-refractivity contribution in [1.29, 1.82) is 0 Å². The van der Waals surface area contributed by atoms with Crippen LogP contribution in [0, 0.1) is 0 Å². The molecule has 2 N–H and O–H groups in total. The van der Waals surface area contributed by atoms with E-state index >= 15 is 0 Å². The second-order valence-electron chi connectivity index (χ2n) is 2.92. The van der Waals surface area contributed by atoms with Gasteiger partial charge in [0.15, 0.2) is 0 Å². The lowest BCUT2D eigenvalue weighted by Crippen LogP contribution is -2.39. The lowest BCUT2D eigenvalue weighted by Gasteiger charge is -2.16. The van der Waals surface area contributed by atoms with Gasteiger partial charge in [0, 0.05) is 6.42 Å². The molecule has 0 spiro atoms. The number of cyclic esters (lactones) is 1. The van der Waals surface area contributed by atoms with Crippen LogP contribution in [0.2, 0.25) is 0 Å². The molecule has 0 aromatic rings. The minimum Gasteiger partial charge on any atom is -0.459 e. The van der Waals surface area contributed by atoms with Crippen LogP contribution in [-0.2, 0) is 9.53 Å². The number of hydrogen-bond donors (Lipinski definition) is 2. The van der Waals surface area contributed by atoms with Gasteiger partial charge in [-0.2, -0.15) is 0 Å². The van der Waals surface area contributed by atoms with E-state index in [0.29, 0.717) is 12.8 Å². The molecule has 1 saturated heterocycles. The van der Waals surface area contributed by atoms with Crippen LogP contribution in [0.3, 0.4) is 0 Å². The molecule has 4 nitrogen and oxygen atoms in total. The van der Waals surface area contributed by atoms with Gasteiger partial charge in [0.25, 0.3) is 5.79 Å². The van der Waals surface area contributed by atoms with Crippen LogP contribution in [0.25, 0.3) is 0 Å². The van der Waals surface area contributed by atoms with E-state index in [4.69, 9.17) is 10.2 Å². The fourth-order valence-electron chi connectivity index (χ4n) is 1.07. The number of rotatable bonds is 0. The number of carbonyl (C=O) groups is 1. The molecule has 1 aliphatic heterocycles. The molecule has 11 heavy (non-hydrogen) atoms. The van der Waals surface area contributed by atoms with Crippen molar-refractivity contribution in [3.05, 3.63) is 0 Å². The van der Waals surface area contributed by atoms with Gasteiger partial charge in [-0.05, 0) is 19.8 Å². The van der Waals surface area contributed by atoms with E-state index in [1.165, 1.54) is 0 Å². The Kier molecular flexibility index (Phi) is 2.15. The number of hydrogen-bond acceptors (Lipinski definition) is 4. The van der Waals surface area contributed by atoms with E-state index in [1.807, 2.05) is 0 Å². The predicted molar refractivity (Wildman–Crippen MR) is 36.6 cm³/mol. The summed E-state index contributed by atoms with van der Waals surface area (Å²) in [6.07, 6.45) is 1.15. The molecular formula is C7H12O4. The van der Waals surface area contributed by atoms with Gasteiger partial charge in [-0.25, -0.2) is 4.79 Å². The van der Waals surface area contributed by atoms with Gasteiger partial charge in [-0.3, -0.25) is 0 Å². The first kappa shape index (κ1) is 8.49. The summed E-state index contributed by atoms with van der Waals surface area (Å²) in [5.41, 5.74) is 0. The normalized spacial score (nSPS) is 30.8. The first-order valence-electron chi connectivity index (χ1n) is 3.68. The molecule has 0 aromatic heterocycles. The number of esters is 1. The van der Waals surface area contributed by atoms with Crippen molar-refractivity contribution in [3.8, 4) is 0 Å². The topological polar surface area (TPSA) is 66.8 Å². The fraction of sp³-hybridized carbons (Fsp3) is 0.857. The van der Waals surface area contributed by atoms with Crippen molar-refractivity contribution in [2.75, 3.05) is 0 Å². The third-order valence-corrected chi connectivity index (χ3v) is 1.77. The molecule has 64 valence electrons. The van der Waals surface area contributed by atoms with Crippen LogP contribution >= 0.6 is 0 Å². The molecular weight excluding hydrogens is 148 g/mol. The highest BCUT2D eigenvalue weighted by Crippen LogP contribution is 2.20. The number of carbonyl (C=O) groups excluding carboxylic acids is 1. The van der Waals surface area contributed by atoms with E-state index in [-0.39, 0.29) is 12.5 Å². The van der Waals surface area contributed by atoms with E-state index in [1.54, 1.807) is 6.92 Å². The summed E-state index contributed by atoms with van der Waals surface area (Å²) in [7, 11) is 0. The van der Waals surface area contributed by atoms with Crippen molar-refractivity contribution < 1.29 is 19.7 Å². The van der Waals surface area contributed by atoms with Gasteiger partial charge in [0.1, 0.15) is 0 Å². The highest BCUT2D eigenvalue weighted by atomic mass is 16.6. The highest BCUT2D eigenvalue weighted by Gasteiger charge is 2.37. The maximum atomic E-state index is 10.8. The molecule has 1 unspecified atom stereocenters. The minimum absolute atomic E-state index is 0.0656. The van der Waals surface area contributed by atoms with Crippen LogP contribution in [0.4, 0.5) is 0 Å². The highest BCUT2D eigenvalue weighted by molar-refractivity contribution is 5.77. The van der Waals surface area contributed by atoms with E-state index in [2.05, 4.69) is 4.74 Å². The van der Waals surface area contributed by atoms with Crippen molar-refractivity contribution in [2.45, 2.75) is 38.1 Å². The summed E-state index contributed by atoms with van der Waals surface area (Å²) in [6, 6.07) is 0. The van der Waals surface area contributed by atoms with Gasteiger partial charge >= 0.3 is 5.97 Å². The molecule has 1 aliphatic rings. The molecule has 0 aliphatic carbocycles. The molecule has 0 radical (unpaired) electrons. The maximum absolute atomic E-state index is 10.8. The lowest BCUT2D eigenvalue weighted by molar-refractivity contribution is -0.210. The Morgan fingerprint density at radius 2 is 2.27 bits per heavy atom. The third kappa shape index (κ3) is 1.91. The van der Waals surface area contributed by atoms with E-state index in [9.17, 15) is 4.79 Å². The molecule has 1 fully saturated rings. The SMILES string of the molecule is CC1CCCC(O)(O)C(=O)O1. The molecule has 0 bridgehead atoms. The fourth-order valence-corrected chi connectivity index (χ4v) is 1.07. The molecule has 1 heterocycles. The first-order chi connectivity index (χ1) is 5.02. The monoisotopic (exact) mass is 160 g/mol. The summed E-state index contributed by atoms with van der Waals surface area (Å²) < 4.78 is 4.69. The minimum atomic E-state index is -2.26.